The van der Waals surface area contributed by atoms with E-state index in [0.29, 0.717) is 31.6 Å². The Balaban J connectivity index is 1.24. The minimum atomic E-state index is -3.61. The summed E-state index contributed by atoms with van der Waals surface area (Å²) >= 11 is 0. The number of rotatable bonds is 5. The number of hydrogen-bond donors (Lipinski definition) is 1. The second-order valence-corrected chi connectivity index (χ2v) is 9.92. The van der Waals surface area contributed by atoms with Crippen molar-refractivity contribution < 1.29 is 13.2 Å². The molecule has 0 bridgehead atoms. The third-order valence-electron chi connectivity index (χ3n) is 5.91. The van der Waals surface area contributed by atoms with Crippen LogP contribution in [0.1, 0.15) is 12.8 Å². The molecule has 1 aliphatic rings. The summed E-state index contributed by atoms with van der Waals surface area (Å²) in [6.45, 7) is 0.607. The number of sulfonamides is 1. The standard InChI is InChI=1S/C23H22N6O3S/c30-23(25-20-6-3-7-21(15-20)29-16-24-26-27-29)18-10-12-28(13-11-18)33(31,32)22-9-8-17-4-1-2-5-19(17)14-22/h1-9,14-16,18H,10-13H2,(H,25,30). The molecule has 0 unspecified atom stereocenters. The van der Waals surface area contributed by atoms with E-state index in [9.17, 15) is 13.2 Å². The first-order chi connectivity index (χ1) is 16.0. The summed E-state index contributed by atoms with van der Waals surface area (Å²) in [5.74, 6) is -0.378. The maximum atomic E-state index is 13.2. The van der Waals surface area contributed by atoms with Gasteiger partial charge in [-0.05, 0) is 64.4 Å². The molecule has 0 saturated carbocycles. The van der Waals surface area contributed by atoms with Crippen molar-refractivity contribution in [2.24, 2.45) is 5.92 Å². The SMILES string of the molecule is O=C(Nc1cccc(-n2cnnn2)c1)C1CCN(S(=O)(=O)c2ccc3ccccc3c2)CC1. The summed E-state index contributed by atoms with van der Waals surface area (Å²) in [6.07, 6.45) is 2.41. The predicted octanol–water partition coefficient (Wildman–Crippen LogP) is 2.85. The highest BCUT2D eigenvalue weighted by Crippen LogP contribution is 2.27. The molecule has 10 heteroatoms. The van der Waals surface area contributed by atoms with Gasteiger partial charge < -0.3 is 5.32 Å². The third kappa shape index (κ3) is 4.35. The molecule has 1 N–H and O–H groups in total. The van der Waals surface area contributed by atoms with E-state index in [1.54, 1.807) is 24.3 Å². The van der Waals surface area contributed by atoms with Crippen molar-refractivity contribution in [3.8, 4) is 5.69 Å². The van der Waals surface area contributed by atoms with E-state index in [1.807, 2.05) is 42.5 Å². The van der Waals surface area contributed by atoms with Crippen LogP contribution in [-0.4, -0.2) is 51.9 Å². The van der Waals surface area contributed by atoms with Crippen molar-refractivity contribution in [3.05, 3.63) is 73.1 Å². The first-order valence-electron chi connectivity index (χ1n) is 10.6. The van der Waals surface area contributed by atoms with Gasteiger partial charge in [-0.1, -0.05) is 36.4 Å². The van der Waals surface area contributed by atoms with Crippen molar-refractivity contribution in [2.45, 2.75) is 17.7 Å². The van der Waals surface area contributed by atoms with Gasteiger partial charge in [-0.3, -0.25) is 4.79 Å². The lowest BCUT2D eigenvalue weighted by atomic mass is 9.97. The summed E-state index contributed by atoms with van der Waals surface area (Å²) in [6, 6.07) is 20.1. The molecule has 1 aliphatic heterocycles. The van der Waals surface area contributed by atoms with E-state index < -0.39 is 10.0 Å². The molecular weight excluding hydrogens is 440 g/mol. The molecule has 2 heterocycles. The van der Waals surface area contributed by atoms with Crippen LogP contribution in [0.25, 0.3) is 16.5 Å². The quantitative estimate of drug-likeness (QED) is 0.488. The molecular formula is C23H22N6O3S. The molecule has 0 radical (unpaired) electrons. The highest BCUT2D eigenvalue weighted by atomic mass is 32.2. The van der Waals surface area contributed by atoms with Crippen LogP contribution in [0.5, 0.6) is 0 Å². The molecule has 0 atom stereocenters. The van der Waals surface area contributed by atoms with Crippen LogP contribution in [0.15, 0.2) is 78.0 Å². The maximum absolute atomic E-state index is 13.2. The molecule has 1 saturated heterocycles. The number of carbonyl (C=O) groups is 1. The first-order valence-corrected chi connectivity index (χ1v) is 12.1. The van der Waals surface area contributed by atoms with Gasteiger partial charge in [-0.25, -0.2) is 13.1 Å². The summed E-state index contributed by atoms with van der Waals surface area (Å²) in [4.78, 5) is 13.1. The van der Waals surface area contributed by atoms with Crippen LogP contribution in [0.3, 0.4) is 0 Å². The number of nitrogens with one attached hydrogen (secondary N) is 1. The molecule has 1 amide bonds. The van der Waals surface area contributed by atoms with E-state index in [0.717, 1.165) is 16.5 Å². The fraction of sp³-hybridized carbons (Fsp3) is 0.217. The number of hydrogen-bond acceptors (Lipinski definition) is 6. The topological polar surface area (TPSA) is 110 Å². The van der Waals surface area contributed by atoms with Gasteiger partial charge in [0.2, 0.25) is 15.9 Å². The van der Waals surface area contributed by atoms with Crippen LogP contribution < -0.4 is 5.32 Å². The number of nitrogens with zero attached hydrogens (tertiary/aromatic N) is 5. The highest BCUT2D eigenvalue weighted by Gasteiger charge is 2.32. The number of anilines is 1. The molecule has 168 valence electrons. The summed E-state index contributed by atoms with van der Waals surface area (Å²) in [7, 11) is -3.61. The van der Waals surface area contributed by atoms with E-state index in [4.69, 9.17) is 0 Å². The van der Waals surface area contributed by atoms with Crippen LogP contribution in [0.4, 0.5) is 5.69 Å². The molecule has 5 rings (SSSR count). The minimum absolute atomic E-state index is 0.119. The zero-order valence-corrected chi connectivity index (χ0v) is 18.5. The molecule has 9 nitrogen and oxygen atoms in total. The second kappa shape index (κ2) is 8.72. The number of benzene rings is 3. The summed E-state index contributed by atoms with van der Waals surface area (Å²) in [5, 5.41) is 15.9. The van der Waals surface area contributed by atoms with Crippen molar-refractivity contribution in [2.75, 3.05) is 18.4 Å². The Hall–Kier alpha value is -3.63. The van der Waals surface area contributed by atoms with Gasteiger partial charge in [-0.15, -0.1) is 5.10 Å². The van der Waals surface area contributed by atoms with E-state index in [-0.39, 0.29) is 16.7 Å². The predicted molar refractivity (Wildman–Crippen MR) is 123 cm³/mol. The zero-order chi connectivity index (χ0) is 22.8. The number of carbonyl (C=O) groups excluding carboxylic acids is 1. The van der Waals surface area contributed by atoms with Crippen LogP contribution in [0, 0.1) is 5.92 Å². The maximum Gasteiger partial charge on any atom is 0.243 e. The molecule has 33 heavy (non-hydrogen) atoms. The molecule has 4 aromatic rings. The molecule has 1 fully saturated rings. The Labute approximate surface area is 191 Å². The Morgan fingerprint density at radius 3 is 2.48 bits per heavy atom. The lowest BCUT2D eigenvalue weighted by Gasteiger charge is -2.30. The third-order valence-corrected chi connectivity index (χ3v) is 7.81. The first kappa shape index (κ1) is 21.2. The van der Waals surface area contributed by atoms with Crippen LogP contribution in [0.2, 0.25) is 0 Å². The average Bonchev–Trinajstić information content (AvgIpc) is 3.39. The second-order valence-electron chi connectivity index (χ2n) is 7.98. The highest BCUT2D eigenvalue weighted by molar-refractivity contribution is 7.89. The average molecular weight is 463 g/mol. The van der Waals surface area contributed by atoms with Crippen molar-refractivity contribution in [1.82, 2.24) is 24.5 Å². The molecule has 0 aliphatic carbocycles. The Morgan fingerprint density at radius 1 is 0.939 bits per heavy atom. The Bertz CT molecular complexity index is 1400. The van der Waals surface area contributed by atoms with Crippen LogP contribution in [-0.2, 0) is 14.8 Å². The molecule has 0 spiro atoms. The van der Waals surface area contributed by atoms with Crippen LogP contribution >= 0.6 is 0 Å². The van der Waals surface area contributed by atoms with Crippen molar-refractivity contribution in [1.29, 1.82) is 0 Å². The van der Waals surface area contributed by atoms with Gasteiger partial charge in [-0.2, -0.15) is 4.31 Å². The molecule has 3 aromatic carbocycles. The van der Waals surface area contributed by atoms with E-state index >= 15 is 0 Å². The number of fused-ring (bicyclic) bond motifs is 1. The van der Waals surface area contributed by atoms with Crippen molar-refractivity contribution >= 4 is 32.4 Å². The van der Waals surface area contributed by atoms with Gasteiger partial charge in [0.25, 0.3) is 0 Å². The molecule has 1 aromatic heterocycles. The van der Waals surface area contributed by atoms with Gasteiger partial charge in [0.1, 0.15) is 6.33 Å². The fourth-order valence-corrected chi connectivity index (χ4v) is 5.59. The Kier molecular flexibility index (Phi) is 5.61. The van der Waals surface area contributed by atoms with Crippen molar-refractivity contribution in [3.63, 3.8) is 0 Å². The number of amides is 1. The van der Waals surface area contributed by atoms with Gasteiger partial charge in [0.15, 0.2) is 0 Å². The number of tetrazole rings is 1. The monoisotopic (exact) mass is 462 g/mol. The lowest BCUT2D eigenvalue weighted by molar-refractivity contribution is -0.120. The number of aromatic nitrogens is 4. The normalized spacial score (nSPS) is 15.5. The van der Waals surface area contributed by atoms with Gasteiger partial charge in [0, 0.05) is 24.7 Å². The minimum Gasteiger partial charge on any atom is -0.326 e. The van der Waals surface area contributed by atoms with Gasteiger partial charge in [0.05, 0.1) is 10.6 Å². The van der Waals surface area contributed by atoms with E-state index in [1.165, 1.54) is 15.3 Å². The largest absolute Gasteiger partial charge is 0.326 e. The Morgan fingerprint density at radius 2 is 1.73 bits per heavy atom. The zero-order valence-electron chi connectivity index (χ0n) is 17.7. The van der Waals surface area contributed by atoms with E-state index in [2.05, 4.69) is 20.8 Å². The summed E-state index contributed by atoms with van der Waals surface area (Å²) < 4.78 is 29.3. The fourth-order valence-electron chi connectivity index (χ4n) is 4.09. The van der Waals surface area contributed by atoms with Gasteiger partial charge >= 0.3 is 0 Å². The smallest absolute Gasteiger partial charge is 0.243 e. The summed E-state index contributed by atoms with van der Waals surface area (Å²) in [5.41, 5.74) is 1.37. The lowest BCUT2D eigenvalue weighted by Crippen LogP contribution is -2.41. The number of piperidine rings is 1.